The number of hydrogen-bond donors (Lipinski definition) is 2. The lowest BCUT2D eigenvalue weighted by Crippen LogP contribution is -2.33. The summed E-state index contributed by atoms with van der Waals surface area (Å²) in [5, 5.41) is 17.1. The standard InChI is InChI=1S/C26H29N7O5/c1-14-22(15(2)38-32-14)17-12-29-26(33(3)4)31-24(17)30-18(25(34)35)10-16-11-28-19(13-27-16)23-20(36-5)8-7-9-21(23)37-6/h7-9,11-13,18H,10H2,1-6H3,(H,34,35)(H,29,30,31)/t18-/m0/s1. The van der Waals surface area contributed by atoms with Crippen LogP contribution in [0.15, 0.2) is 41.3 Å². The molecule has 2 N–H and O–H groups in total. The van der Waals surface area contributed by atoms with Gasteiger partial charge in [-0.15, -0.1) is 0 Å². The molecule has 0 saturated heterocycles. The Kier molecular flexibility index (Phi) is 7.70. The van der Waals surface area contributed by atoms with Gasteiger partial charge in [0.15, 0.2) is 0 Å². The second-order valence-electron chi connectivity index (χ2n) is 8.70. The highest BCUT2D eigenvalue weighted by atomic mass is 16.5. The maximum absolute atomic E-state index is 12.3. The molecule has 198 valence electrons. The molecule has 12 nitrogen and oxygen atoms in total. The molecule has 0 aliphatic heterocycles. The average Bonchev–Trinajstić information content (AvgIpc) is 3.25. The number of hydrogen-bond acceptors (Lipinski definition) is 11. The van der Waals surface area contributed by atoms with Crippen LogP contribution < -0.4 is 19.7 Å². The molecule has 0 bridgehead atoms. The van der Waals surface area contributed by atoms with E-state index in [9.17, 15) is 9.90 Å². The summed E-state index contributed by atoms with van der Waals surface area (Å²) in [6.07, 6.45) is 4.79. The zero-order valence-electron chi connectivity index (χ0n) is 22.0. The molecule has 1 aromatic carbocycles. The molecule has 38 heavy (non-hydrogen) atoms. The molecule has 0 fully saturated rings. The first-order valence-electron chi connectivity index (χ1n) is 11.7. The van der Waals surface area contributed by atoms with Gasteiger partial charge in [0, 0.05) is 38.5 Å². The number of ether oxygens (including phenoxy) is 2. The molecule has 0 saturated carbocycles. The maximum Gasteiger partial charge on any atom is 0.326 e. The highest BCUT2D eigenvalue weighted by Crippen LogP contribution is 2.37. The van der Waals surface area contributed by atoms with Gasteiger partial charge in [-0.25, -0.2) is 9.78 Å². The molecule has 0 aliphatic carbocycles. The Bertz CT molecular complexity index is 1390. The first-order valence-corrected chi connectivity index (χ1v) is 11.7. The summed E-state index contributed by atoms with van der Waals surface area (Å²) in [6.45, 7) is 3.58. The van der Waals surface area contributed by atoms with Gasteiger partial charge < -0.3 is 29.3 Å². The molecular formula is C26H29N7O5. The monoisotopic (exact) mass is 519 g/mol. The van der Waals surface area contributed by atoms with Crippen LogP contribution in [0.5, 0.6) is 11.5 Å². The lowest BCUT2D eigenvalue weighted by atomic mass is 10.1. The number of carboxylic acids is 1. The predicted octanol–water partition coefficient (Wildman–Crippen LogP) is 3.40. The summed E-state index contributed by atoms with van der Waals surface area (Å²) in [4.78, 5) is 32.0. The first-order chi connectivity index (χ1) is 18.2. The van der Waals surface area contributed by atoms with Crippen molar-refractivity contribution in [3.05, 3.63) is 53.9 Å². The quantitative estimate of drug-likeness (QED) is 0.316. The molecule has 1 atom stereocenters. The Morgan fingerprint density at radius 3 is 2.29 bits per heavy atom. The molecule has 0 aliphatic rings. The van der Waals surface area contributed by atoms with Crippen molar-refractivity contribution in [2.24, 2.45) is 0 Å². The minimum atomic E-state index is -1.07. The molecular weight excluding hydrogens is 490 g/mol. The van der Waals surface area contributed by atoms with Crippen LogP contribution in [0.1, 0.15) is 17.1 Å². The molecule has 4 aromatic rings. The molecule has 0 amide bonds. The summed E-state index contributed by atoms with van der Waals surface area (Å²) >= 11 is 0. The molecule has 0 spiro atoms. The summed E-state index contributed by atoms with van der Waals surface area (Å²) in [7, 11) is 6.73. The number of carbonyl (C=O) groups is 1. The molecule has 3 heterocycles. The number of aliphatic carboxylic acids is 1. The van der Waals surface area contributed by atoms with Gasteiger partial charge in [0.1, 0.15) is 29.1 Å². The van der Waals surface area contributed by atoms with Crippen LogP contribution in [0.25, 0.3) is 22.4 Å². The van der Waals surface area contributed by atoms with Gasteiger partial charge in [0.05, 0.1) is 48.6 Å². The van der Waals surface area contributed by atoms with E-state index in [4.69, 9.17) is 14.0 Å². The highest BCUT2D eigenvalue weighted by molar-refractivity contribution is 5.83. The normalized spacial score (nSPS) is 11.6. The molecule has 3 aromatic heterocycles. The van der Waals surface area contributed by atoms with Crippen LogP contribution in [-0.2, 0) is 11.2 Å². The van der Waals surface area contributed by atoms with Crippen molar-refractivity contribution in [1.29, 1.82) is 0 Å². The number of benzene rings is 1. The number of aromatic nitrogens is 5. The number of nitrogens with zero attached hydrogens (tertiary/aromatic N) is 6. The van der Waals surface area contributed by atoms with Crippen molar-refractivity contribution >= 4 is 17.7 Å². The van der Waals surface area contributed by atoms with Crippen molar-refractivity contribution < 1.29 is 23.9 Å². The van der Waals surface area contributed by atoms with Gasteiger partial charge in [-0.1, -0.05) is 11.2 Å². The van der Waals surface area contributed by atoms with Crippen LogP contribution in [0.4, 0.5) is 11.8 Å². The Morgan fingerprint density at radius 1 is 1.05 bits per heavy atom. The SMILES string of the molecule is COc1cccc(OC)c1-c1cnc(C[C@H](Nc2nc(N(C)C)ncc2-c2c(C)noc2C)C(=O)O)cn1. The van der Waals surface area contributed by atoms with E-state index in [2.05, 4.69) is 30.4 Å². The smallest absolute Gasteiger partial charge is 0.326 e. The van der Waals surface area contributed by atoms with Crippen molar-refractivity contribution in [2.45, 2.75) is 26.3 Å². The second-order valence-corrected chi connectivity index (χ2v) is 8.70. The largest absolute Gasteiger partial charge is 0.496 e. The van der Waals surface area contributed by atoms with E-state index in [1.165, 1.54) is 0 Å². The Hall–Kier alpha value is -4.74. The minimum Gasteiger partial charge on any atom is -0.496 e. The van der Waals surface area contributed by atoms with Crippen molar-refractivity contribution in [3.63, 3.8) is 0 Å². The van der Waals surface area contributed by atoms with Gasteiger partial charge in [-0.05, 0) is 26.0 Å². The van der Waals surface area contributed by atoms with Gasteiger partial charge in [-0.3, -0.25) is 9.97 Å². The highest BCUT2D eigenvalue weighted by Gasteiger charge is 2.25. The van der Waals surface area contributed by atoms with E-state index >= 15 is 0 Å². The number of carboxylic acid groups (broad SMARTS) is 1. The summed E-state index contributed by atoms with van der Waals surface area (Å²) in [6, 6.07) is 4.37. The number of rotatable bonds is 10. The van der Waals surface area contributed by atoms with E-state index < -0.39 is 12.0 Å². The third kappa shape index (κ3) is 5.33. The van der Waals surface area contributed by atoms with E-state index in [0.717, 1.165) is 0 Å². The molecule has 0 unspecified atom stereocenters. The fourth-order valence-corrected chi connectivity index (χ4v) is 4.02. The Morgan fingerprint density at radius 2 is 1.76 bits per heavy atom. The Labute approximate surface area is 219 Å². The third-order valence-corrected chi connectivity index (χ3v) is 5.89. The van der Waals surface area contributed by atoms with E-state index in [-0.39, 0.29) is 6.42 Å². The number of methoxy groups -OCH3 is 2. The summed E-state index contributed by atoms with van der Waals surface area (Å²) in [5.74, 6) is 1.44. The van der Waals surface area contributed by atoms with Gasteiger partial charge in [-0.2, -0.15) is 4.98 Å². The van der Waals surface area contributed by atoms with Crippen molar-refractivity contribution in [2.75, 3.05) is 38.5 Å². The minimum absolute atomic E-state index is 0.0496. The topological polar surface area (TPSA) is 149 Å². The summed E-state index contributed by atoms with van der Waals surface area (Å²) in [5.41, 5.74) is 3.61. The van der Waals surface area contributed by atoms with Crippen LogP contribution in [0.2, 0.25) is 0 Å². The number of aryl methyl sites for hydroxylation is 2. The van der Waals surface area contributed by atoms with E-state index in [0.29, 0.717) is 62.8 Å². The third-order valence-electron chi connectivity index (χ3n) is 5.89. The average molecular weight is 520 g/mol. The van der Waals surface area contributed by atoms with E-state index in [1.807, 2.05) is 6.07 Å². The number of anilines is 2. The fraction of sp³-hybridized carbons (Fsp3) is 0.308. The first kappa shape index (κ1) is 26.3. The maximum atomic E-state index is 12.3. The zero-order valence-corrected chi connectivity index (χ0v) is 22.0. The fourth-order valence-electron chi connectivity index (χ4n) is 4.02. The zero-order chi connectivity index (χ0) is 27.4. The lowest BCUT2D eigenvalue weighted by molar-refractivity contribution is -0.137. The molecule has 4 rings (SSSR count). The van der Waals surface area contributed by atoms with E-state index in [1.54, 1.807) is 77.8 Å². The van der Waals surface area contributed by atoms with Crippen LogP contribution in [0.3, 0.4) is 0 Å². The van der Waals surface area contributed by atoms with Gasteiger partial charge in [0.2, 0.25) is 5.95 Å². The van der Waals surface area contributed by atoms with Crippen LogP contribution >= 0.6 is 0 Å². The van der Waals surface area contributed by atoms with Gasteiger partial charge >= 0.3 is 5.97 Å². The second kappa shape index (κ2) is 11.1. The van der Waals surface area contributed by atoms with Crippen LogP contribution in [-0.4, -0.2) is 70.5 Å². The number of nitrogens with one attached hydrogen (secondary N) is 1. The predicted molar refractivity (Wildman–Crippen MR) is 141 cm³/mol. The van der Waals surface area contributed by atoms with Crippen molar-refractivity contribution in [3.8, 4) is 33.9 Å². The Balaban J connectivity index is 1.65. The van der Waals surface area contributed by atoms with Gasteiger partial charge in [0.25, 0.3) is 0 Å². The van der Waals surface area contributed by atoms with Crippen LogP contribution in [0, 0.1) is 13.8 Å². The molecule has 12 heteroatoms. The molecule has 0 radical (unpaired) electrons. The summed E-state index contributed by atoms with van der Waals surface area (Å²) < 4.78 is 16.2. The lowest BCUT2D eigenvalue weighted by Gasteiger charge is -2.19. The van der Waals surface area contributed by atoms with Crippen molar-refractivity contribution in [1.82, 2.24) is 25.1 Å².